The van der Waals surface area contributed by atoms with Crippen molar-refractivity contribution in [1.82, 2.24) is 5.32 Å². The summed E-state index contributed by atoms with van der Waals surface area (Å²) in [6.07, 6.45) is 0. The van der Waals surface area contributed by atoms with Crippen LogP contribution in [0.15, 0.2) is 48.5 Å². The molecule has 0 spiro atoms. The first-order valence-corrected chi connectivity index (χ1v) is 9.00. The summed E-state index contributed by atoms with van der Waals surface area (Å²) in [6, 6.07) is 14.1. The Morgan fingerprint density at radius 3 is 2.41 bits per heavy atom. The van der Waals surface area contributed by atoms with E-state index in [9.17, 15) is 19.2 Å². The van der Waals surface area contributed by atoms with E-state index in [0.717, 1.165) is 16.2 Å². The lowest BCUT2D eigenvalue weighted by Crippen LogP contribution is -2.37. The molecule has 2 aromatic rings. The Kier molecular flexibility index (Phi) is 5.92. The highest BCUT2D eigenvalue weighted by atomic mass is 16.5. The van der Waals surface area contributed by atoms with Gasteiger partial charge < -0.3 is 15.0 Å². The van der Waals surface area contributed by atoms with Crippen molar-refractivity contribution >= 4 is 34.9 Å². The molecule has 2 amide bonds. The maximum atomic E-state index is 12.0. The summed E-state index contributed by atoms with van der Waals surface area (Å²) in [4.78, 5) is 50.9. The zero-order valence-electron chi connectivity index (χ0n) is 16.2. The lowest BCUT2D eigenvalue weighted by atomic mass is 10.1. The molecule has 8 nitrogen and oxygen atoms in total. The van der Waals surface area contributed by atoms with Crippen molar-refractivity contribution in [3.63, 3.8) is 0 Å². The molecule has 1 aliphatic heterocycles. The molecule has 0 aromatic heterocycles. The number of ketones is 1. The van der Waals surface area contributed by atoms with Crippen LogP contribution in [0.3, 0.4) is 0 Å². The van der Waals surface area contributed by atoms with E-state index in [0.29, 0.717) is 12.2 Å². The molecule has 0 unspecified atom stereocenters. The molecule has 0 saturated carbocycles. The molecule has 1 aliphatic rings. The van der Waals surface area contributed by atoms with Gasteiger partial charge in [-0.3, -0.25) is 24.1 Å². The van der Waals surface area contributed by atoms with Crippen LogP contribution in [0.2, 0.25) is 0 Å². The van der Waals surface area contributed by atoms with Crippen LogP contribution < -0.4 is 15.1 Å². The molecule has 2 aromatic carbocycles. The van der Waals surface area contributed by atoms with E-state index in [1.54, 1.807) is 18.2 Å². The Hall–Kier alpha value is -3.68. The first kappa shape index (κ1) is 20.1. The topological polar surface area (TPSA) is 96.0 Å². The number of Topliss-reactive ketones (excluding diaryl/α,β-unsaturated/α-hetero) is 1. The van der Waals surface area contributed by atoms with Gasteiger partial charge in [0.05, 0.1) is 11.3 Å². The van der Waals surface area contributed by atoms with E-state index >= 15 is 0 Å². The van der Waals surface area contributed by atoms with Crippen LogP contribution in [0.25, 0.3) is 0 Å². The van der Waals surface area contributed by atoms with Gasteiger partial charge in [-0.25, -0.2) is 0 Å². The number of hydrogen-bond donors (Lipinski definition) is 1. The van der Waals surface area contributed by atoms with E-state index in [2.05, 4.69) is 5.32 Å². The molecular weight excluding hydrogens is 374 g/mol. The second-order valence-corrected chi connectivity index (χ2v) is 6.74. The number of para-hydroxylation sites is 1. The largest absolute Gasteiger partial charge is 0.454 e. The van der Waals surface area contributed by atoms with Crippen molar-refractivity contribution in [3.8, 4) is 0 Å². The Balaban J connectivity index is 1.46. The van der Waals surface area contributed by atoms with Gasteiger partial charge in [0.15, 0.2) is 6.61 Å². The fraction of sp³-hybridized carbons (Fsp3) is 0.238. The summed E-state index contributed by atoms with van der Waals surface area (Å²) in [5.41, 5.74) is 2.58. The van der Waals surface area contributed by atoms with Gasteiger partial charge in [-0.1, -0.05) is 24.3 Å². The number of hydrogen-bond acceptors (Lipinski definition) is 6. The normalized spacial score (nSPS) is 12.6. The number of nitrogens with one attached hydrogen (secondary N) is 1. The molecule has 0 aliphatic carbocycles. The Bertz CT molecular complexity index is 953. The molecule has 0 bridgehead atoms. The second-order valence-electron chi connectivity index (χ2n) is 6.74. The predicted octanol–water partition coefficient (Wildman–Crippen LogP) is 1.14. The molecule has 0 fully saturated rings. The van der Waals surface area contributed by atoms with Gasteiger partial charge in [0, 0.05) is 26.3 Å². The Labute approximate surface area is 168 Å². The molecule has 1 heterocycles. The minimum absolute atomic E-state index is 0.253. The van der Waals surface area contributed by atoms with E-state index < -0.39 is 36.7 Å². The third-order valence-corrected chi connectivity index (χ3v) is 4.47. The number of benzene rings is 2. The summed E-state index contributed by atoms with van der Waals surface area (Å²) >= 11 is 0. The fourth-order valence-electron chi connectivity index (χ4n) is 2.89. The second kappa shape index (κ2) is 8.55. The van der Waals surface area contributed by atoms with Crippen LogP contribution in [-0.4, -0.2) is 50.8 Å². The SMILES string of the molecule is CN(C)c1ccc(CNC(=O)COC(=O)CN2C(=O)C(=O)c3ccccc32)cc1. The fourth-order valence-corrected chi connectivity index (χ4v) is 2.89. The summed E-state index contributed by atoms with van der Waals surface area (Å²) in [5.74, 6) is -2.67. The predicted molar refractivity (Wildman–Crippen MR) is 107 cm³/mol. The van der Waals surface area contributed by atoms with Crippen LogP contribution in [-0.2, 0) is 25.7 Å². The Morgan fingerprint density at radius 1 is 1.03 bits per heavy atom. The third-order valence-electron chi connectivity index (χ3n) is 4.47. The lowest BCUT2D eigenvalue weighted by Gasteiger charge is -2.15. The Morgan fingerprint density at radius 2 is 1.72 bits per heavy atom. The van der Waals surface area contributed by atoms with Gasteiger partial charge in [0.1, 0.15) is 6.54 Å². The third kappa shape index (κ3) is 4.60. The van der Waals surface area contributed by atoms with Gasteiger partial charge in [-0.05, 0) is 29.8 Å². The number of nitrogens with zero attached hydrogens (tertiary/aromatic N) is 2. The van der Waals surface area contributed by atoms with Crippen molar-refractivity contribution in [2.24, 2.45) is 0 Å². The van der Waals surface area contributed by atoms with Crippen molar-refractivity contribution in [1.29, 1.82) is 0 Å². The average molecular weight is 395 g/mol. The van der Waals surface area contributed by atoms with E-state index in [4.69, 9.17) is 4.74 Å². The molecule has 150 valence electrons. The minimum Gasteiger partial charge on any atom is -0.454 e. The van der Waals surface area contributed by atoms with Gasteiger partial charge in [0.25, 0.3) is 17.6 Å². The molecule has 1 N–H and O–H groups in total. The standard InChI is InChI=1S/C21H21N3O5/c1-23(2)15-9-7-14(8-10-15)11-22-18(25)13-29-19(26)12-24-17-6-4-3-5-16(17)20(27)21(24)28/h3-10H,11-13H2,1-2H3,(H,22,25). The van der Waals surface area contributed by atoms with Crippen LogP contribution >= 0.6 is 0 Å². The summed E-state index contributed by atoms with van der Waals surface area (Å²) in [7, 11) is 3.88. The van der Waals surface area contributed by atoms with Gasteiger partial charge >= 0.3 is 5.97 Å². The first-order valence-electron chi connectivity index (χ1n) is 9.00. The number of amides is 2. The highest BCUT2D eigenvalue weighted by molar-refractivity contribution is 6.52. The molecule has 8 heteroatoms. The van der Waals surface area contributed by atoms with Gasteiger partial charge in [-0.15, -0.1) is 0 Å². The first-order chi connectivity index (χ1) is 13.9. The smallest absolute Gasteiger partial charge is 0.326 e. The molecule has 0 atom stereocenters. The van der Waals surface area contributed by atoms with Crippen LogP contribution in [0.4, 0.5) is 11.4 Å². The number of esters is 1. The van der Waals surface area contributed by atoms with Crippen LogP contribution in [0.5, 0.6) is 0 Å². The maximum Gasteiger partial charge on any atom is 0.326 e. The number of rotatable bonds is 7. The molecule has 0 saturated heterocycles. The van der Waals surface area contributed by atoms with Crippen LogP contribution in [0, 0.1) is 0 Å². The van der Waals surface area contributed by atoms with Gasteiger partial charge in [0.2, 0.25) is 0 Å². The lowest BCUT2D eigenvalue weighted by molar-refractivity contribution is -0.147. The van der Waals surface area contributed by atoms with E-state index in [1.807, 2.05) is 43.3 Å². The van der Waals surface area contributed by atoms with Gasteiger partial charge in [-0.2, -0.15) is 0 Å². The number of ether oxygens (including phenoxy) is 1. The van der Waals surface area contributed by atoms with E-state index in [1.165, 1.54) is 6.07 Å². The molecule has 3 rings (SSSR count). The number of carbonyl (C=O) groups excluding carboxylic acids is 4. The monoisotopic (exact) mass is 395 g/mol. The van der Waals surface area contributed by atoms with Crippen molar-refractivity contribution in [3.05, 3.63) is 59.7 Å². The minimum atomic E-state index is -0.784. The number of carbonyl (C=O) groups is 4. The molecule has 0 radical (unpaired) electrons. The van der Waals surface area contributed by atoms with Crippen molar-refractivity contribution in [2.45, 2.75) is 6.54 Å². The number of anilines is 2. The highest BCUT2D eigenvalue weighted by Crippen LogP contribution is 2.28. The zero-order chi connectivity index (χ0) is 21.0. The van der Waals surface area contributed by atoms with Crippen molar-refractivity contribution in [2.75, 3.05) is 37.0 Å². The number of fused-ring (bicyclic) bond motifs is 1. The average Bonchev–Trinajstić information content (AvgIpc) is 2.96. The summed E-state index contributed by atoms with van der Waals surface area (Å²) in [6.45, 7) is -0.594. The zero-order valence-corrected chi connectivity index (χ0v) is 16.2. The molecule has 29 heavy (non-hydrogen) atoms. The summed E-state index contributed by atoms with van der Waals surface area (Å²) in [5, 5.41) is 2.66. The molecular formula is C21H21N3O5. The quantitative estimate of drug-likeness (QED) is 0.558. The maximum absolute atomic E-state index is 12.0. The van der Waals surface area contributed by atoms with Crippen LogP contribution in [0.1, 0.15) is 15.9 Å². The van der Waals surface area contributed by atoms with E-state index in [-0.39, 0.29) is 5.56 Å². The summed E-state index contributed by atoms with van der Waals surface area (Å²) < 4.78 is 4.94. The highest BCUT2D eigenvalue weighted by Gasteiger charge is 2.36. The van der Waals surface area contributed by atoms with Crippen molar-refractivity contribution < 1.29 is 23.9 Å².